The summed E-state index contributed by atoms with van der Waals surface area (Å²) in [6, 6.07) is 9.29. The summed E-state index contributed by atoms with van der Waals surface area (Å²) >= 11 is 0. The molecule has 1 unspecified atom stereocenters. The van der Waals surface area contributed by atoms with Crippen molar-refractivity contribution in [3.05, 3.63) is 58.7 Å². The largest absolute Gasteiger partial charge is 0.379 e. The van der Waals surface area contributed by atoms with Crippen LogP contribution < -0.4 is 5.32 Å². The highest BCUT2D eigenvalue weighted by molar-refractivity contribution is 5.24. The first-order chi connectivity index (χ1) is 11.6. The van der Waals surface area contributed by atoms with Crippen LogP contribution in [0.25, 0.3) is 0 Å². The molecule has 0 amide bonds. The SMILES string of the molecule is Cc1cc(CNCC(c2ccc(F)cc2)N2CCOCC2)c(C)[nH]1. The maximum absolute atomic E-state index is 13.3. The van der Waals surface area contributed by atoms with Crippen LogP contribution in [0.1, 0.15) is 28.6 Å². The van der Waals surface area contributed by atoms with Gasteiger partial charge in [-0.25, -0.2) is 4.39 Å². The summed E-state index contributed by atoms with van der Waals surface area (Å²) in [5, 5.41) is 3.57. The second-order valence-corrected chi connectivity index (χ2v) is 6.45. The minimum atomic E-state index is -0.189. The number of benzene rings is 1. The first-order valence-corrected chi connectivity index (χ1v) is 8.56. The van der Waals surface area contributed by atoms with Crippen molar-refractivity contribution in [2.75, 3.05) is 32.8 Å². The van der Waals surface area contributed by atoms with Crippen LogP contribution in [0.3, 0.4) is 0 Å². The predicted molar refractivity (Wildman–Crippen MR) is 93.5 cm³/mol. The molecule has 1 atom stereocenters. The number of halogens is 1. The molecule has 0 spiro atoms. The number of hydrogen-bond donors (Lipinski definition) is 2. The minimum Gasteiger partial charge on any atom is -0.379 e. The fraction of sp³-hybridized carbons (Fsp3) is 0.474. The van der Waals surface area contributed by atoms with Crippen LogP contribution in [0.15, 0.2) is 30.3 Å². The molecule has 1 saturated heterocycles. The molecule has 4 nitrogen and oxygen atoms in total. The Morgan fingerprint density at radius 1 is 1.21 bits per heavy atom. The molecule has 0 aliphatic carbocycles. The third-order valence-corrected chi connectivity index (χ3v) is 4.65. The standard InChI is InChI=1S/C19H26FN3O/c1-14-11-17(15(2)22-14)12-21-13-19(23-7-9-24-10-8-23)16-3-5-18(20)6-4-16/h3-6,11,19,21-22H,7-10,12-13H2,1-2H3. The van der Waals surface area contributed by atoms with Crippen molar-refractivity contribution in [2.45, 2.75) is 26.4 Å². The third kappa shape index (κ3) is 4.23. The maximum atomic E-state index is 13.3. The van der Waals surface area contributed by atoms with Crippen molar-refractivity contribution >= 4 is 0 Å². The molecule has 1 aliphatic heterocycles. The fourth-order valence-electron chi connectivity index (χ4n) is 3.34. The van der Waals surface area contributed by atoms with Crippen LogP contribution in [0.4, 0.5) is 4.39 Å². The Hall–Kier alpha value is -1.69. The quantitative estimate of drug-likeness (QED) is 0.855. The van der Waals surface area contributed by atoms with E-state index >= 15 is 0 Å². The number of aromatic amines is 1. The number of aryl methyl sites for hydroxylation is 2. The van der Waals surface area contributed by atoms with E-state index in [1.807, 2.05) is 12.1 Å². The van der Waals surface area contributed by atoms with Crippen molar-refractivity contribution < 1.29 is 9.13 Å². The normalized spacial score (nSPS) is 17.1. The molecule has 2 N–H and O–H groups in total. The summed E-state index contributed by atoms with van der Waals surface area (Å²) in [4.78, 5) is 5.75. The van der Waals surface area contributed by atoms with Crippen LogP contribution in [0.5, 0.6) is 0 Å². The Labute approximate surface area is 143 Å². The van der Waals surface area contributed by atoms with Crippen molar-refractivity contribution in [3.63, 3.8) is 0 Å². The average Bonchev–Trinajstić information content (AvgIpc) is 2.91. The highest BCUT2D eigenvalue weighted by Crippen LogP contribution is 2.22. The van der Waals surface area contributed by atoms with E-state index in [0.29, 0.717) is 0 Å². The lowest BCUT2D eigenvalue weighted by atomic mass is 10.0. The van der Waals surface area contributed by atoms with Gasteiger partial charge in [-0.1, -0.05) is 12.1 Å². The molecular formula is C19H26FN3O. The molecule has 0 saturated carbocycles. The number of ether oxygens (including phenoxy) is 1. The van der Waals surface area contributed by atoms with Gasteiger partial charge in [-0.05, 0) is 43.2 Å². The second-order valence-electron chi connectivity index (χ2n) is 6.45. The van der Waals surface area contributed by atoms with E-state index in [2.05, 4.69) is 35.1 Å². The Kier molecular flexibility index (Phi) is 5.66. The zero-order valence-electron chi connectivity index (χ0n) is 14.4. The maximum Gasteiger partial charge on any atom is 0.123 e. The number of hydrogen-bond acceptors (Lipinski definition) is 3. The zero-order chi connectivity index (χ0) is 16.9. The van der Waals surface area contributed by atoms with Gasteiger partial charge in [-0.2, -0.15) is 0 Å². The number of rotatable bonds is 6. The van der Waals surface area contributed by atoms with E-state index in [1.54, 1.807) is 12.1 Å². The number of H-pyrrole nitrogens is 1. The summed E-state index contributed by atoms with van der Waals surface area (Å²) in [7, 11) is 0. The van der Waals surface area contributed by atoms with Gasteiger partial charge in [0, 0.05) is 43.6 Å². The van der Waals surface area contributed by atoms with Gasteiger partial charge in [-0.3, -0.25) is 4.90 Å². The highest BCUT2D eigenvalue weighted by Gasteiger charge is 2.22. The van der Waals surface area contributed by atoms with Crippen molar-refractivity contribution in [1.82, 2.24) is 15.2 Å². The van der Waals surface area contributed by atoms with Gasteiger partial charge in [0.2, 0.25) is 0 Å². The number of morpholine rings is 1. The summed E-state index contributed by atoms with van der Waals surface area (Å²) in [5.41, 5.74) is 4.84. The lowest BCUT2D eigenvalue weighted by molar-refractivity contribution is 0.0161. The molecule has 2 aromatic rings. The molecule has 0 radical (unpaired) electrons. The van der Waals surface area contributed by atoms with Crippen LogP contribution in [0, 0.1) is 19.7 Å². The van der Waals surface area contributed by atoms with Crippen LogP contribution in [-0.4, -0.2) is 42.7 Å². The molecule has 24 heavy (non-hydrogen) atoms. The molecule has 3 rings (SSSR count). The van der Waals surface area contributed by atoms with E-state index < -0.39 is 0 Å². The summed E-state index contributed by atoms with van der Waals surface area (Å²) in [6.07, 6.45) is 0. The van der Waals surface area contributed by atoms with E-state index in [-0.39, 0.29) is 11.9 Å². The van der Waals surface area contributed by atoms with E-state index in [0.717, 1.165) is 45.0 Å². The molecule has 1 aliphatic rings. The average molecular weight is 331 g/mol. The Bertz CT molecular complexity index is 647. The molecule has 5 heteroatoms. The van der Waals surface area contributed by atoms with Crippen molar-refractivity contribution in [1.29, 1.82) is 0 Å². The molecule has 0 bridgehead atoms. The Morgan fingerprint density at radius 2 is 1.92 bits per heavy atom. The topological polar surface area (TPSA) is 40.3 Å². The highest BCUT2D eigenvalue weighted by atomic mass is 19.1. The minimum absolute atomic E-state index is 0.189. The van der Waals surface area contributed by atoms with Gasteiger partial charge in [-0.15, -0.1) is 0 Å². The van der Waals surface area contributed by atoms with E-state index in [4.69, 9.17) is 4.74 Å². The van der Waals surface area contributed by atoms with Gasteiger partial charge >= 0.3 is 0 Å². The molecule has 1 aromatic heterocycles. The lowest BCUT2D eigenvalue weighted by Crippen LogP contribution is -2.42. The number of nitrogens with zero attached hydrogens (tertiary/aromatic N) is 1. The molecular weight excluding hydrogens is 305 g/mol. The van der Waals surface area contributed by atoms with E-state index in [1.165, 1.54) is 17.0 Å². The molecule has 1 fully saturated rings. The molecule has 2 heterocycles. The van der Waals surface area contributed by atoms with Gasteiger partial charge in [0.05, 0.1) is 13.2 Å². The van der Waals surface area contributed by atoms with E-state index in [9.17, 15) is 4.39 Å². The summed E-state index contributed by atoms with van der Waals surface area (Å²) in [5.74, 6) is -0.189. The Morgan fingerprint density at radius 3 is 2.54 bits per heavy atom. The summed E-state index contributed by atoms with van der Waals surface area (Å²) in [6.45, 7) is 9.17. The van der Waals surface area contributed by atoms with Crippen LogP contribution in [-0.2, 0) is 11.3 Å². The first kappa shape index (κ1) is 17.1. The van der Waals surface area contributed by atoms with Crippen molar-refractivity contribution in [2.24, 2.45) is 0 Å². The summed E-state index contributed by atoms with van der Waals surface area (Å²) < 4.78 is 18.7. The lowest BCUT2D eigenvalue weighted by Gasteiger charge is -2.35. The van der Waals surface area contributed by atoms with Gasteiger partial charge in [0.15, 0.2) is 0 Å². The van der Waals surface area contributed by atoms with Crippen LogP contribution in [0.2, 0.25) is 0 Å². The fourth-order valence-corrected chi connectivity index (χ4v) is 3.34. The zero-order valence-corrected chi connectivity index (χ0v) is 14.4. The second kappa shape index (κ2) is 7.92. The monoisotopic (exact) mass is 331 g/mol. The van der Waals surface area contributed by atoms with Crippen molar-refractivity contribution in [3.8, 4) is 0 Å². The van der Waals surface area contributed by atoms with Gasteiger partial charge < -0.3 is 15.0 Å². The molecule has 1 aromatic carbocycles. The predicted octanol–water partition coefficient (Wildman–Crippen LogP) is 2.93. The van der Waals surface area contributed by atoms with Gasteiger partial charge in [0.25, 0.3) is 0 Å². The smallest absolute Gasteiger partial charge is 0.123 e. The number of aromatic nitrogens is 1. The Balaban J connectivity index is 1.67. The van der Waals surface area contributed by atoms with Crippen LogP contribution >= 0.6 is 0 Å². The third-order valence-electron chi connectivity index (χ3n) is 4.65. The van der Waals surface area contributed by atoms with Gasteiger partial charge in [0.1, 0.15) is 5.82 Å². The number of nitrogens with one attached hydrogen (secondary N) is 2. The molecule has 130 valence electrons. The first-order valence-electron chi connectivity index (χ1n) is 8.56.